The number of aliphatic imine (C=N–C) groups is 2. The van der Waals surface area contributed by atoms with E-state index in [1.54, 1.807) is 24.3 Å². The molecule has 1 aromatic rings. The zero-order valence-electron chi connectivity index (χ0n) is 15.1. The molecular weight excluding hydrogens is 336 g/mol. The molecule has 0 amide bonds. The van der Waals surface area contributed by atoms with E-state index in [0.29, 0.717) is 10.9 Å². The number of rotatable bonds is 10. The van der Waals surface area contributed by atoms with Gasteiger partial charge in [0.15, 0.2) is 6.04 Å². The van der Waals surface area contributed by atoms with E-state index in [4.69, 9.17) is 16.3 Å². The molecule has 2 rings (SSSR count). The van der Waals surface area contributed by atoms with E-state index < -0.39 is 6.04 Å². The van der Waals surface area contributed by atoms with E-state index in [2.05, 4.69) is 16.9 Å². The van der Waals surface area contributed by atoms with Crippen molar-refractivity contribution in [3.63, 3.8) is 0 Å². The van der Waals surface area contributed by atoms with Gasteiger partial charge in [-0.15, -0.1) is 0 Å². The standard InChI is InChI=1S/C20H27ClN2O2/c1-3-4-5-6-7-8-9-14-22-15(2)18-20(24)25-19(23-18)16-10-12-17(21)13-11-16/h10-13,18H,3-9,14H2,1-2H3. The van der Waals surface area contributed by atoms with E-state index in [9.17, 15) is 4.79 Å². The maximum atomic E-state index is 12.1. The second-order valence-electron chi connectivity index (χ2n) is 6.41. The molecule has 0 spiro atoms. The molecule has 0 aromatic heterocycles. The molecule has 25 heavy (non-hydrogen) atoms. The fourth-order valence-corrected chi connectivity index (χ4v) is 2.87. The van der Waals surface area contributed by atoms with Gasteiger partial charge in [0, 0.05) is 22.8 Å². The smallest absolute Gasteiger partial charge is 0.343 e. The maximum absolute atomic E-state index is 12.1. The Labute approximate surface area is 155 Å². The lowest BCUT2D eigenvalue weighted by Gasteiger charge is -2.03. The summed E-state index contributed by atoms with van der Waals surface area (Å²) in [6.07, 6.45) is 8.75. The lowest BCUT2D eigenvalue weighted by molar-refractivity contribution is -0.133. The number of unbranched alkanes of at least 4 members (excludes halogenated alkanes) is 6. The van der Waals surface area contributed by atoms with Crippen molar-refractivity contribution in [1.29, 1.82) is 0 Å². The van der Waals surface area contributed by atoms with Gasteiger partial charge >= 0.3 is 5.97 Å². The molecule has 1 aromatic carbocycles. The van der Waals surface area contributed by atoms with Gasteiger partial charge < -0.3 is 4.74 Å². The Balaban J connectivity index is 1.81. The molecule has 5 heteroatoms. The van der Waals surface area contributed by atoms with Crippen molar-refractivity contribution in [3.8, 4) is 0 Å². The van der Waals surface area contributed by atoms with Gasteiger partial charge in [0.05, 0.1) is 0 Å². The van der Waals surface area contributed by atoms with E-state index in [1.165, 1.54) is 38.5 Å². The fourth-order valence-electron chi connectivity index (χ4n) is 2.75. The van der Waals surface area contributed by atoms with Crippen LogP contribution in [0.4, 0.5) is 0 Å². The third kappa shape index (κ3) is 6.28. The monoisotopic (exact) mass is 362 g/mol. The number of hydrogen-bond donors (Lipinski definition) is 0. The lowest BCUT2D eigenvalue weighted by Crippen LogP contribution is -2.23. The van der Waals surface area contributed by atoms with E-state index in [-0.39, 0.29) is 5.97 Å². The Kier molecular flexibility index (Phi) is 8.13. The summed E-state index contributed by atoms with van der Waals surface area (Å²) in [4.78, 5) is 21.0. The van der Waals surface area contributed by atoms with Crippen molar-refractivity contribution in [1.82, 2.24) is 0 Å². The second kappa shape index (κ2) is 10.3. The number of halogens is 1. The summed E-state index contributed by atoms with van der Waals surface area (Å²) in [7, 11) is 0. The largest absolute Gasteiger partial charge is 0.405 e. The molecule has 0 radical (unpaired) electrons. The minimum atomic E-state index is -0.616. The summed E-state index contributed by atoms with van der Waals surface area (Å²) < 4.78 is 5.29. The Morgan fingerprint density at radius 3 is 2.44 bits per heavy atom. The number of ether oxygens (including phenoxy) is 1. The first-order valence-corrected chi connectivity index (χ1v) is 9.56. The highest BCUT2D eigenvalue weighted by Crippen LogP contribution is 2.17. The van der Waals surface area contributed by atoms with Crippen LogP contribution in [-0.2, 0) is 9.53 Å². The Morgan fingerprint density at radius 2 is 1.76 bits per heavy atom. The van der Waals surface area contributed by atoms with Crippen molar-refractivity contribution in [3.05, 3.63) is 34.9 Å². The van der Waals surface area contributed by atoms with Crippen LogP contribution < -0.4 is 0 Å². The van der Waals surface area contributed by atoms with Crippen LogP contribution >= 0.6 is 11.6 Å². The molecule has 1 aliphatic rings. The van der Waals surface area contributed by atoms with Gasteiger partial charge in [-0.25, -0.2) is 9.79 Å². The Bertz CT molecular complexity index is 623. The van der Waals surface area contributed by atoms with Gasteiger partial charge in [-0.3, -0.25) is 4.99 Å². The molecule has 0 fully saturated rings. The molecular formula is C20H27ClN2O2. The average Bonchev–Trinajstić information content (AvgIpc) is 2.99. The molecule has 1 aliphatic heterocycles. The Morgan fingerprint density at radius 1 is 1.12 bits per heavy atom. The number of benzene rings is 1. The van der Waals surface area contributed by atoms with Crippen LogP contribution in [0, 0.1) is 0 Å². The third-order valence-corrected chi connectivity index (χ3v) is 4.53. The van der Waals surface area contributed by atoms with E-state index in [1.807, 2.05) is 6.92 Å². The summed E-state index contributed by atoms with van der Waals surface area (Å²) >= 11 is 5.88. The minimum absolute atomic E-state index is 0.345. The first-order valence-electron chi connectivity index (χ1n) is 9.18. The van der Waals surface area contributed by atoms with E-state index in [0.717, 1.165) is 24.2 Å². The van der Waals surface area contributed by atoms with Crippen molar-refractivity contribution in [2.75, 3.05) is 6.54 Å². The number of carbonyl (C=O) groups is 1. The first-order chi connectivity index (χ1) is 12.1. The van der Waals surface area contributed by atoms with Crippen LogP contribution in [0.2, 0.25) is 5.02 Å². The topological polar surface area (TPSA) is 51.0 Å². The van der Waals surface area contributed by atoms with Crippen molar-refractivity contribution >= 4 is 29.2 Å². The summed E-state index contributed by atoms with van der Waals surface area (Å²) in [5.41, 5.74) is 1.47. The van der Waals surface area contributed by atoms with Gasteiger partial charge in [-0.1, -0.05) is 57.0 Å². The predicted molar refractivity (Wildman–Crippen MR) is 104 cm³/mol. The highest BCUT2D eigenvalue weighted by atomic mass is 35.5. The van der Waals surface area contributed by atoms with Gasteiger partial charge in [0.25, 0.3) is 0 Å². The summed E-state index contributed by atoms with van der Waals surface area (Å²) in [6, 6.07) is 6.48. The van der Waals surface area contributed by atoms with Crippen LogP contribution in [-0.4, -0.2) is 30.2 Å². The predicted octanol–water partition coefficient (Wildman–Crippen LogP) is 5.22. The molecule has 0 bridgehead atoms. The van der Waals surface area contributed by atoms with Gasteiger partial charge in [-0.05, 0) is 37.6 Å². The molecule has 1 heterocycles. The number of nitrogens with zero attached hydrogens (tertiary/aromatic N) is 2. The summed E-state index contributed by atoms with van der Waals surface area (Å²) in [5, 5.41) is 0.637. The molecule has 0 aliphatic carbocycles. The van der Waals surface area contributed by atoms with Gasteiger partial charge in [-0.2, -0.15) is 0 Å². The van der Waals surface area contributed by atoms with Crippen LogP contribution in [0.1, 0.15) is 64.4 Å². The summed E-state index contributed by atoms with van der Waals surface area (Å²) in [6.45, 7) is 4.82. The number of hydrogen-bond acceptors (Lipinski definition) is 4. The first kappa shape index (κ1) is 19.6. The number of cyclic esters (lactones) is 1. The number of esters is 1. The van der Waals surface area contributed by atoms with Crippen LogP contribution in [0.5, 0.6) is 0 Å². The molecule has 4 nitrogen and oxygen atoms in total. The van der Waals surface area contributed by atoms with Crippen LogP contribution in [0.15, 0.2) is 34.3 Å². The van der Waals surface area contributed by atoms with Crippen molar-refractivity contribution in [2.45, 2.75) is 64.8 Å². The van der Waals surface area contributed by atoms with E-state index >= 15 is 0 Å². The number of carbonyl (C=O) groups excluding carboxylic acids is 1. The van der Waals surface area contributed by atoms with Crippen LogP contribution in [0.25, 0.3) is 0 Å². The lowest BCUT2D eigenvalue weighted by atomic mass is 10.1. The SMILES string of the molecule is CCCCCCCCCN=C(C)C1N=C(c2ccc(Cl)cc2)OC1=O. The molecule has 1 atom stereocenters. The van der Waals surface area contributed by atoms with Crippen molar-refractivity contribution in [2.24, 2.45) is 9.98 Å². The van der Waals surface area contributed by atoms with Crippen LogP contribution in [0.3, 0.4) is 0 Å². The molecule has 136 valence electrons. The minimum Gasteiger partial charge on any atom is -0.405 e. The highest BCUT2D eigenvalue weighted by Gasteiger charge is 2.31. The zero-order valence-corrected chi connectivity index (χ0v) is 15.9. The molecule has 0 N–H and O–H groups in total. The zero-order chi connectivity index (χ0) is 18.1. The van der Waals surface area contributed by atoms with Gasteiger partial charge in [0.1, 0.15) is 0 Å². The maximum Gasteiger partial charge on any atom is 0.343 e. The Hall–Kier alpha value is -1.68. The second-order valence-corrected chi connectivity index (χ2v) is 6.85. The van der Waals surface area contributed by atoms with Crippen molar-refractivity contribution < 1.29 is 9.53 Å². The fraction of sp³-hybridized carbons (Fsp3) is 0.550. The van der Waals surface area contributed by atoms with Gasteiger partial charge in [0.2, 0.25) is 5.90 Å². The average molecular weight is 363 g/mol. The summed E-state index contributed by atoms with van der Waals surface area (Å²) in [5.74, 6) is -0.0112. The normalized spacial score (nSPS) is 17.6. The molecule has 0 saturated heterocycles. The highest BCUT2D eigenvalue weighted by molar-refractivity contribution is 6.30. The third-order valence-electron chi connectivity index (χ3n) is 4.28. The molecule has 1 unspecified atom stereocenters. The quantitative estimate of drug-likeness (QED) is 0.325. The molecule has 0 saturated carbocycles.